The first kappa shape index (κ1) is 19.5. The average molecular weight is 425 g/mol. The maximum absolute atomic E-state index is 12.6. The molecule has 142 valence electrons. The standard InChI is InChI=1S/C18H17ClN2O4S2/c1-21(27(3,23)24)13-5-7-16-11(8-13)9-17(26-16)18(22)20-14-10-12(19)4-6-15(14)25-2/h4-10H,1-3H3,(H,20,22). The SMILES string of the molecule is COc1ccc(Cl)cc1NC(=O)c1cc2cc(N(C)S(C)(=O)=O)ccc2s1. The number of thiophene rings is 1. The average Bonchev–Trinajstić information content (AvgIpc) is 3.04. The van der Waals surface area contributed by atoms with Crippen LogP contribution in [0.3, 0.4) is 0 Å². The highest BCUT2D eigenvalue weighted by Crippen LogP contribution is 2.32. The second kappa shape index (κ2) is 7.38. The number of methoxy groups -OCH3 is 1. The van der Waals surface area contributed by atoms with E-state index in [4.69, 9.17) is 16.3 Å². The molecule has 0 aliphatic carbocycles. The van der Waals surface area contributed by atoms with E-state index in [1.54, 1.807) is 42.5 Å². The molecular formula is C18H17ClN2O4S2. The van der Waals surface area contributed by atoms with Gasteiger partial charge in [0.15, 0.2) is 0 Å². The van der Waals surface area contributed by atoms with E-state index in [0.29, 0.717) is 27.0 Å². The van der Waals surface area contributed by atoms with Crippen LogP contribution >= 0.6 is 22.9 Å². The van der Waals surface area contributed by atoms with Crippen LogP contribution < -0.4 is 14.4 Å². The van der Waals surface area contributed by atoms with E-state index in [1.165, 1.54) is 29.8 Å². The summed E-state index contributed by atoms with van der Waals surface area (Å²) < 4.78 is 30.7. The first-order valence-electron chi connectivity index (χ1n) is 7.81. The molecule has 0 atom stereocenters. The van der Waals surface area contributed by atoms with Gasteiger partial charge < -0.3 is 10.1 Å². The van der Waals surface area contributed by atoms with Crippen LogP contribution in [-0.4, -0.2) is 34.7 Å². The number of carbonyl (C=O) groups is 1. The zero-order chi connectivity index (χ0) is 19.8. The lowest BCUT2D eigenvalue weighted by Crippen LogP contribution is -2.24. The van der Waals surface area contributed by atoms with Gasteiger partial charge in [-0.05, 0) is 47.9 Å². The third-order valence-corrected chi connectivity index (χ3v) is 6.55. The predicted octanol–water partition coefficient (Wildman–Crippen LogP) is 4.21. The Morgan fingerprint density at radius 2 is 1.93 bits per heavy atom. The molecule has 9 heteroatoms. The predicted molar refractivity (Wildman–Crippen MR) is 111 cm³/mol. The van der Waals surface area contributed by atoms with E-state index >= 15 is 0 Å². The molecule has 1 N–H and O–H groups in total. The fourth-order valence-corrected chi connectivity index (χ4v) is 4.10. The number of carbonyl (C=O) groups excluding carboxylic acids is 1. The molecule has 3 aromatic rings. The van der Waals surface area contributed by atoms with Gasteiger partial charge in [0, 0.05) is 16.8 Å². The zero-order valence-electron chi connectivity index (χ0n) is 14.8. The molecule has 1 heterocycles. The molecular weight excluding hydrogens is 408 g/mol. The summed E-state index contributed by atoms with van der Waals surface area (Å²) in [5.41, 5.74) is 1.01. The molecule has 0 unspecified atom stereocenters. The van der Waals surface area contributed by atoms with Crippen molar-refractivity contribution in [2.75, 3.05) is 30.0 Å². The van der Waals surface area contributed by atoms with Crippen LogP contribution in [0, 0.1) is 0 Å². The van der Waals surface area contributed by atoms with Crippen molar-refractivity contribution in [3.8, 4) is 5.75 Å². The van der Waals surface area contributed by atoms with Crippen LogP contribution in [0.4, 0.5) is 11.4 Å². The normalized spacial score (nSPS) is 11.4. The van der Waals surface area contributed by atoms with Crippen LogP contribution in [0.15, 0.2) is 42.5 Å². The summed E-state index contributed by atoms with van der Waals surface area (Å²) in [6.07, 6.45) is 1.14. The molecule has 0 aliphatic heterocycles. The topological polar surface area (TPSA) is 75.7 Å². The second-order valence-corrected chi connectivity index (χ2v) is 9.40. The number of sulfonamides is 1. The van der Waals surface area contributed by atoms with Gasteiger partial charge in [-0.15, -0.1) is 11.3 Å². The molecule has 0 spiro atoms. The van der Waals surface area contributed by atoms with Crippen molar-refractivity contribution in [1.29, 1.82) is 0 Å². The van der Waals surface area contributed by atoms with Crippen LogP contribution in [-0.2, 0) is 10.0 Å². The van der Waals surface area contributed by atoms with Gasteiger partial charge >= 0.3 is 0 Å². The molecule has 1 aromatic heterocycles. The van der Waals surface area contributed by atoms with Gasteiger partial charge in [-0.1, -0.05) is 11.6 Å². The molecule has 0 aliphatic rings. The number of rotatable bonds is 5. The van der Waals surface area contributed by atoms with Crippen molar-refractivity contribution in [2.45, 2.75) is 0 Å². The van der Waals surface area contributed by atoms with E-state index in [0.717, 1.165) is 16.3 Å². The molecule has 0 radical (unpaired) electrons. The first-order valence-corrected chi connectivity index (χ1v) is 10.9. The van der Waals surface area contributed by atoms with E-state index < -0.39 is 10.0 Å². The van der Waals surface area contributed by atoms with E-state index in [-0.39, 0.29) is 5.91 Å². The van der Waals surface area contributed by atoms with Gasteiger partial charge in [0.25, 0.3) is 5.91 Å². The molecule has 1 amide bonds. The van der Waals surface area contributed by atoms with Crippen molar-refractivity contribution < 1.29 is 17.9 Å². The lowest BCUT2D eigenvalue weighted by molar-refractivity contribution is 0.103. The first-order chi connectivity index (χ1) is 12.7. The van der Waals surface area contributed by atoms with Gasteiger partial charge in [0.1, 0.15) is 5.75 Å². The molecule has 0 saturated heterocycles. The Kier molecular flexibility index (Phi) is 5.32. The van der Waals surface area contributed by atoms with E-state index in [2.05, 4.69) is 5.32 Å². The molecule has 0 fully saturated rings. The monoisotopic (exact) mass is 424 g/mol. The van der Waals surface area contributed by atoms with Gasteiger partial charge in [-0.25, -0.2) is 8.42 Å². The maximum Gasteiger partial charge on any atom is 0.265 e. The number of anilines is 2. The minimum Gasteiger partial charge on any atom is -0.495 e. The van der Waals surface area contributed by atoms with Gasteiger partial charge in [-0.2, -0.15) is 0 Å². The highest BCUT2D eigenvalue weighted by atomic mass is 35.5. The van der Waals surface area contributed by atoms with E-state index in [9.17, 15) is 13.2 Å². The second-order valence-electron chi connectivity index (χ2n) is 5.86. The summed E-state index contributed by atoms with van der Waals surface area (Å²) in [5.74, 6) is 0.209. The minimum absolute atomic E-state index is 0.296. The summed E-state index contributed by atoms with van der Waals surface area (Å²) in [6, 6.07) is 11.9. The van der Waals surface area contributed by atoms with Crippen molar-refractivity contribution in [1.82, 2.24) is 0 Å². The lowest BCUT2D eigenvalue weighted by Gasteiger charge is -2.16. The minimum atomic E-state index is -3.36. The van der Waals surface area contributed by atoms with Crippen LogP contribution in [0.1, 0.15) is 9.67 Å². The maximum atomic E-state index is 12.6. The highest BCUT2D eigenvalue weighted by Gasteiger charge is 2.16. The summed E-state index contributed by atoms with van der Waals surface area (Å²) in [4.78, 5) is 13.1. The smallest absolute Gasteiger partial charge is 0.265 e. The molecule has 0 saturated carbocycles. The molecule has 0 bridgehead atoms. The number of benzene rings is 2. The van der Waals surface area contributed by atoms with Gasteiger partial charge in [0.05, 0.1) is 29.6 Å². The summed E-state index contributed by atoms with van der Waals surface area (Å²) in [7, 11) is -0.355. The van der Waals surface area contributed by atoms with Crippen molar-refractivity contribution in [3.63, 3.8) is 0 Å². The molecule has 2 aromatic carbocycles. The van der Waals surface area contributed by atoms with Gasteiger partial charge in [0.2, 0.25) is 10.0 Å². The number of hydrogen-bond donors (Lipinski definition) is 1. The molecule has 3 rings (SSSR count). The van der Waals surface area contributed by atoms with Gasteiger partial charge in [-0.3, -0.25) is 9.10 Å². The Labute approximate surface area is 166 Å². The Hall–Kier alpha value is -2.29. The Balaban J connectivity index is 1.91. The number of ether oxygens (including phenoxy) is 1. The quantitative estimate of drug-likeness (QED) is 0.665. The summed E-state index contributed by atoms with van der Waals surface area (Å²) in [5, 5.41) is 4.07. The Bertz CT molecular complexity index is 1130. The number of fused-ring (bicyclic) bond motifs is 1. The number of nitrogens with zero attached hydrogens (tertiary/aromatic N) is 1. The zero-order valence-corrected chi connectivity index (χ0v) is 17.2. The van der Waals surface area contributed by atoms with Crippen molar-refractivity contribution in [3.05, 3.63) is 52.4 Å². The molecule has 6 nitrogen and oxygen atoms in total. The molecule has 27 heavy (non-hydrogen) atoms. The Morgan fingerprint density at radius 3 is 2.59 bits per heavy atom. The van der Waals surface area contributed by atoms with Crippen molar-refractivity contribution >= 4 is 60.3 Å². The third kappa shape index (κ3) is 4.18. The largest absolute Gasteiger partial charge is 0.495 e. The number of amides is 1. The fourth-order valence-electron chi connectivity index (χ4n) is 2.49. The summed E-state index contributed by atoms with van der Waals surface area (Å²) >= 11 is 7.31. The van der Waals surface area contributed by atoms with Crippen LogP contribution in [0.5, 0.6) is 5.75 Å². The van der Waals surface area contributed by atoms with E-state index in [1.807, 2.05) is 0 Å². The number of nitrogens with one attached hydrogen (secondary N) is 1. The third-order valence-electron chi connectivity index (χ3n) is 3.99. The van der Waals surface area contributed by atoms with Crippen LogP contribution in [0.2, 0.25) is 5.02 Å². The lowest BCUT2D eigenvalue weighted by atomic mass is 10.2. The van der Waals surface area contributed by atoms with Crippen LogP contribution in [0.25, 0.3) is 10.1 Å². The highest BCUT2D eigenvalue weighted by molar-refractivity contribution is 7.92. The number of hydrogen-bond acceptors (Lipinski definition) is 5. The number of halogens is 1. The summed E-state index contributed by atoms with van der Waals surface area (Å²) in [6.45, 7) is 0. The van der Waals surface area contributed by atoms with Crippen molar-refractivity contribution in [2.24, 2.45) is 0 Å². The Morgan fingerprint density at radius 1 is 1.19 bits per heavy atom. The fraction of sp³-hybridized carbons (Fsp3) is 0.167.